The summed E-state index contributed by atoms with van der Waals surface area (Å²) in [6.45, 7) is -0.433. The van der Waals surface area contributed by atoms with Crippen LogP contribution in [0, 0.1) is 0 Å². The first-order chi connectivity index (χ1) is 6.04. The molecule has 4 atom stereocenters. The van der Waals surface area contributed by atoms with E-state index in [0.29, 0.717) is 0 Å². The number of nitrogens with two attached hydrogens (primary N) is 1. The topological polar surface area (TPSA) is 118 Å². The van der Waals surface area contributed by atoms with Crippen LogP contribution in [0.1, 0.15) is 0 Å². The van der Waals surface area contributed by atoms with Crippen LogP contribution in [0.15, 0.2) is 0 Å². The molecule has 0 amide bonds. The predicted octanol–water partition coefficient (Wildman–Crippen LogP) is -4.38. The molecular weight excluding hydrogens is 178 g/mol. The minimum atomic E-state index is -1.53. The van der Waals surface area contributed by atoms with E-state index in [4.69, 9.17) is 15.3 Å². The molecule has 13 heavy (non-hydrogen) atoms. The molecule has 0 radical (unpaired) electrons. The summed E-state index contributed by atoms with van der Waals surface area (Å²) in [4.78, 5) is 0. The average Bonchev–Trinajstić information content (AvgIpc) is 2.14. The molecule has 7 N–H and O–H groups in total. The van der Waals surface area contributed by atoms with Gasteiger partial charge in [0.15, 0.2) is 0 Å². The third kappa shape index (κ3) is 3.99. The van der Waals surface area contributed by atoms with Crippen molar-refractivity contribution in [2.24, 2.45) is 0 Å². The molecule has 0 aliphatic rings. The van der Waals surface area contributed by atoms with Crippen LogP contribution >= 0.6 is 0 Å². The zero-order valence-electron chi connectivity index (χ0n) is 7.54. The second-order valence-corrected chi connectivity index (χ2v) is 2.94. The number of quaternary nitrogens is 1. The largest absolute Gasteiger partial charge is 0.394 e. The summed E-state index contributed by atoms with van der Waals surface area (Å²) in [6, 6.07) is 0. The maximum absolute atomic E-state index is 9.23. The molecule has 0 aromatic carbocycles. The van der Waals surface area contributed by atoms with E-state index in [1.54, 1.807) is 12.4 Å². The highest BCUT2D eigenvalue weighted by Gasteiger charge is 2.30. The van der Waals surface area contributed by atoms with Crippen molar-refractivity contribution in [2.75, 3.05) is 20.2 Å². The maximum atomic E-state index is 9.23. The van der Waals surface area contributed by atoms with Crippen molar-refractivity contribution >= 4 is 0 Å². The number of hydrogen-bond donors (Lipinski definition) is 6. The Kier molecular flexibility index (Phi) is 6.13. The van der Waals surface area contributed by atoms with E-state index in [1.807, 2.05) is 0 Å². The molecular formula is C7H18NO5+. The van der Waals surface area contributed by atoms with Crippen LogP contribution in [0.25, 0.3) is 0 Å². The first-order valence-corrected chi connectivity index (χ1v) is 4.15. The molecule has 6 heteroatoms. The molecule has 0 saturated carbocycles. The van der Waals surface area contributed by atoms with Crippen LogP contribution in [0.2, 0.25) is 0 Å². The molecule has 0 bridgehead atoms. The Hall–Kier alpha value is -0.240. The molecule has 0 aliphatic carbocycles. The SMILES string of the molecule is C[NH2+]CC(O)C(O)C(O)C(O)CO. The maximum Gasteiger partial charge on any atom is 0.131 e. The minimum absolute atomic E-state index is 0.219. The highest BCUT2D eigenvalue weighted by atomic mass is 16.4. The second-order valence-electron chi connectivity index (χ2n) is 2.94. The number of hydrogen-bond acceptors (Lipinski definition) is 5. The lowest BCUT2D eigenvalue weighted by atomic mass is 10.0. The van der Waals surface area contributed by atoms with Gasteiger partial charge in [0.05, 0.1) is 13.7 Å². The monoisotopic (exact) mass is 196 g/mol. The fraction of sp³-hybridized carbons (Fsp3) is 1.00. The van der Waals surface area contributed by atoms with Gasteiger partial charge in [-0.15, -0.1) is 0 Å². The summed E-state index contributed by atoms with van der Waals surface area (Å²) in [7, 11) is 1.70. The molecule has 0 saturated heterocycles. The summed E-state index contributed by atoms with van der Waals surface area (Å²) >= 11 is 0. The standard InChI is InChI=1S/C7H17NO5/c1-8-2-4(10)6(12)7(13)5(11)3-9/h4-13H,2-3H2,1H3/p+1. The van der Waals surface area contributed by atoms with Gasteiger partial charge in [-0.2, -0.15) is 0 Å². The van der Waals surface area contributed by atoms with Gasteiger partial charge in [0, 0.05) is 0 Å². The van der Waals surface area contributed by atoms with Crippen molar-refractivity contribution in [3.05, 3.63) is 0 Å². The Morgan fingerprint density at radius 2 is 1.46 bits per heavy atom. The number of rotatable bonds is 6. The third-order valence-corrected chi connectivity index (χ3v) is 1.80. The van der Waals surface area contributed by atoms with Crippen molar-refractivity contribution < 1.29 is 30.8 Å². The third-order valence-electron chi connectivity index (χ3n) is 1.80. The van der Waals surface area contributed by atoms with Gasteiger partial charge < -0.3 is 30.8 Å². The van der Waals surface area contributed by atoms with Gasteiger partial charge in [-0.1, -0.05) is 0 Å². The number of aliphatic hydroxyl groups is 5. The second kappa shape index (κ2) is 6.25. The first kappa shape index (κ1) is 12.8. The molecule has 0 aromatic heterocycles. The van der Waals surface area contributed by atoms with E-state index >= 15 is 0 Å². The highest BCUT2D eigenvalue weighted by Crippen LogP contribution is 2.03. The zero-order chi connectivity index (χ0) is 10.4. The van der Waals surface area contributed by atoms with Crippen LogP contribution in [-0.4, -0.2) is 70.1 Å². The molecule has 0 aliphatic heterocycles. The molecule has 0 fully saturated rings. The smallest absolute Gasteiger partial charge is 0.131 e. The van der Waals surface area contributed by atoms with Crippen molar-refractivity contribution in [1.29, 1.82) is 0 Å². The van der Waals surface area contributed by atoms with Crippen LogP contribution in [-0.2, 0) is 0 Å². The van der Waals surface area contributed by atoms with E-state index in [-0.39, 0.29) is 6.54 Å². The van der Waals surface area contributed by atoms with Gasteiger partial charge in [-0.05, 0) is 0 Å². The lowest BCUT2D eigenvalue weighted by molar-refractivity contribution is -0.635. The van der Waals surface area contributed by atoms with E-state index in [0.717, 1.165) is 0 Å². The lowest BCUT2D eigenvalue weighted by Crippen LogP contribution is -2.83. The van der Waals surface area contributed by atoms with E-state index < -0.39 is 31.0 Å². The highest BCUT2D eigenvalue weighted by molar-refractivity contribution is 4.79. The summed E-state index contributed by atoms with van der Waals surface area (Å²) in [5.74, 6) is 0. The van der Waals surface area contributed by atoms with Crippen LogP contribution in [0.3, 0.4) is 0 Å². The fourth-order valence-electron chi connectivity index (χ4n) is 0.944. The van der Waals surface area contributed by atoms with Gasteiger partial charge >= 0.3 is 0 Å². The summed E-state index contributed by atoms with van der Waals surface area (Å²) in [6.07, 6.45) is -5.53. The summed E-state index contributed by atoms with van der Waals surface area (Å²) in [5.41, 5.74) is 0. The Morgan fingerprint density at radius 1 is 1.00 bits per heavy atom. The minimum Gasteiger partial charge on any atom is -0.394 e. The molecule has 0 aromatic rings. The fourth-order valence-corrected chi connectivity index (χ4v) is 0.944. The molecule has 6 nitrogen and oxygen atoms in total. The zero-order valence-corrected chi connectivity index (χ0v) is 7.54. The molecule has 80 valence electrons. The van der Waals surface area contributed by atoms with Crippen LogP contribution in [0.5, 0.6) is 0 Å². The molecule has 4 unspecified atom stereocenters. The molecule has 0 spiro atoms. The van der Waals surface area contributed by atoms with E-state index in [9.17, 15) is 10.2 Å². The molecule has 0 rings (SSSR count). The number of likely N-dealkylation sites (N-methyl/N-ethyl adjacent to an activating group) is 1. The van der Waals surface area contributed by atoms with Gasteiger partial charge in [0.25, 0.3) is 0 Å². The Morgan fingerprint density at radius 3 is 1.85 bits per heavy atom. The Bertz CT molecular complexity index is 134. The summed E-state index contributed by atoms with van der Waals surface area (Å²) < 4.78 is 0. The Labute approximate surface area is 76.4 Å². The quantitative estimate of drug-likeness (QED) is 0.256. The van der Waals surface area contributed by atoms with E-state index in [1.165, 1.54) is 0 Å². The Balaban J connectivity index is 3.99. The van der Waals surface area contributed by atoms with Gasteiger partial charge in [-0.3, -0.25) is 0 Å². The average molecular weight is 196 g/mol. The van der Waals surface area contributed by atoms with Crippen LogP contribution < -0.4 is 5.32 Å². The summed E-state index contributed by atoms with van der Waals surface area (Å²) in [5, 5.41) is 46.6. The normalized spacial score (nSPS) is 20.8. The van der Waals surface area contributed by atoms with Crippen LogP contribution in [0.4, 0.5) is 0 Å². The van der Waals surface area contributed by atoms with Gasteiger partial charge in [0.2, 0.25) is 0 Å². The van der Waals surface area contributed by atoms with Crippen molar-refractivity contribution in [3.8, 4) is 0 Å². The number of aliphatic hydroxyl groups excluding tert-OH is 5. The van der Waals surface area contributed by atoms with Gasteiger partial charge in [-0.25, -0.2) is 0 Å². The predicted molar refractivity (Wildman–Crippen MR) is 43.8 cm³/mol. The van der Waals surface area contributed by atoms with Gasteiger partial charge in [0.1, 0.15) is 31.0 Å². The van der Waals surface area contributed by atoms with Crippen molar-refractivity contribution in [3.63, 3.8) is 0 Å². The first-order valence-electron chi connectivity index (χ1n) is 4.15. The van der Waals surface area contributed by atoms with E-state index in [2.05, 4.69) is 0 Å². The van der Waals surface area contributed by atoms with Crippen molar-refractivity contribution in [2.45, 2.75) is 24.4 Å². The van der Waals surface area contributed by atoms with Crippen molar-refractivity contribution in [1.82, 2.24) is 0 Å². The molecule has 0 heterocycles. The lowest BCUT2D eigenvalue weighted by Gasteiger charge is -2.24.